The Morgan fingerprint density at radius 3 is 2.76 bits per heavy atom. The molecule has 3 unspecified atom stereocenters. The van der Waals surface area contributed by atoms with Crippen molar-refractivity contribution in [2.24, 2.45) is 5.92 Å². The van der Waals surface area contributed by atoms with Gasteiger partial charge in [0.05, 0.1) is 0 Å². The van der Waals surface area contributed by atoms with Crippen LogP contribution in [0, 0.1) is 5.92 Å². The van der Waals surface area contributed by atoms with E-state index in [0.717, 1.165) is 18.0 Å². The summed E-state index contributed by atoms with van der Waals surface area (Å²) in [5.41, 5.74) is 0. The zero-order chi connectivity index (χ0) is 11.7. The largest absolute Gasteiger partial charge is 0.316 e. The zero-order valence-electron chi connectivity index (χ0n) is 11.2. The standard InChI is InChI=1S/C14H27N3/c1-12-10-15-6-5-14(12)17-9-8-16-7-3-2-4-13(16)11-17/h12-15H,2-11H2,1H3. The second-order valence-corrected chi connectivity index (χ2v) is 6.22. The maximum atomic E-state index is 3.52. The lowest BCUT2D eigenvalue weighted by Gasteiger charge is -2.48. The molecule has 0 aromatic carbocycles. The molecule has 3 saturated heterocycles. The van der Waals surface area contributed by atoms with Gasteiger partial charge in [-0.3, -0.25) is 9.80 Å². The highest BCUT2D eigenvalue weighted by Gasteiger charge is 2.34. The molecule has 3 fully saturated rings. The fourth-order valence-electron chi connectivity index (χ4n) is 4.02. The molecule has 0 aliphatic carbocycles. The van der Waals surface area contributed by atoms with Crippen LogP contribution >= 0.6 is 0 Å². The van der Waals surface area contributed by atoms with Crippen molar-refractivity contribution < 1.29 is 0 Å². The van der Waals surface area contributed by atoms with Crippen LogP contribution in [0.2, 0.25) is 0 Å². The first-order valence-electron chi connectivity index (χ1n) is 7.53. The highest BCUT2D eigenvalue weighted by atomic mass is 15.3. The van der Waals surface area contributed by atoms with Gasteiger partial charge in [-0.05, 0) is 44.8 Å². The van der Waals surface area contributed by atoms with E-state index in [0.29, 0.717) is 0 Å². The van der Waals surface area contributed by atoms with E-state index in [1.165, 1.54) is 65.0 Å². The Kier molecular flexibility index (Phi) is 3.69. The third kappa shape index (κ3) is 2.51. The number of piperidine rings is 2. The second kappa shape index (κ2) is 5.25. The van der Waals surface area contributed by atoms with Crippen LogP contribution in [0.3, 0.4) is 0 Å². The Morgan fingerprint density at radius 1 is 1.00 bits per heavy atom. The van der Waals surface area contributed by atoms with Crippen LogP contribution in [-0.2, 0) is 0 Å². The van der Waals surface area contributed by atoms with Crippen molar-refractivity contribution in [3.8, 4) is 0 Å². The molecule has 0 saturated carbocycles. The Bertz CT molecular complexity index is 256. The van der Waals surface area contributed by atoms with Gasteiger partial charge in [-0.2, -0.15) is 0 Å². The second-order valence-electron chi connectivity index (χ2n) is 6.22. The van der Waals surface area contributed by atoms with E-state index in [2.05, 4.69) is 22.0 Å². The van der Waals surface area contributed by atoms with E-state index in [1.54, 1.807) is 0 Å². The van der Waals surface area contributed by atoms with Crippen molar-refractivity contribution in [2.75, 3.05) is 39.3 Å². The quantitative estimate of drug-likeness (QED) is 0.738. The molecule has 98 valence electrons. The molecular formula is C14H27N3. The highest BCUT2D eigenvalue weighted by molar-refractivity contribution is 4.91. The average molecular weight is 237 g/mol. The topological polar surface area (TPSA) is 18.5 Å². The van der Waals surface area contributed by atoms with E-state index in [-0.39, 0.29) is 0 Å². The molecule has 3 heteroatoms. The average Bonchev–Trinajstić information content (AvgIpc) is 2.39. The summed E-state index contributed by atoms with van der Waals surface area (Å²) >= 11 is 0. The lowest BCUT2D eigenvalue weighted by Crippen LogP contribution is -2.60. The molecule has 3 heterocycles. The summed E-state index contributed by atoms with van der Waals surface area (Å²) in [6, 6.07) is 1.72. The summed E-state index contributed by atoms with van der Waals surface area (Å²) < 4.78 is 0. The minimum atomic E-state index is 0.832. The molecule has 0 radical (unpaired) electrons. The molecule has 3 atom stereocenters. The predicted octanol–water partition coefficient (Wildman–Crippen LogP) is 1.15. The third-order valence-corrected chi connectivity index (χ3v) is 5.08. The van der Waals surface area contributed by atoms with Gasteiger partial charge in [0, 0.05) is 31.7 Å². The Hall–Kier alpha value is -0.120. The molecule has 0 aromatic heterocycles. The van der Waals surface area contributed by atoms with E-state index >= 15 is 0 Å². The lowest BCUT2D eigenvalue weighted by molar-refractivity contribution is 0.00707. The first-order chi connectivity index (χ1) is 8.34. The van der Waals surface area contributed by atoms with Crippen LogP contribution in [0.5, 0.6) is 0 Å². The zero-order valence-corrected chi connectivity index (χ0v) is 11.2. The van der Waals surface area contributed by atoms with E-state index < -0.39 is 0 Å². The first-order valence-corrected chi connectivity index (χ1v) is 7.53. The number of nitrogens with one attached hydrogen (secondary N) is 1. The fourth-order valence-corrected chi connectivity index (χ4v) is 4.02. The molecule has 0 amide bonds. The van der Waals surface area contributed by atoms with Gasteiger partial charge in [0.15, 0.2) is 0 Å². The van der Waals surface area contributed by atoms with Gasteiger partial charge in [0.25, 0.3) is 0 Å². The molecule has 0 spiro atoms. The van der Waals surface area contributed by atoms with Crippen molar-refractivity contribution in [1.29, 1.82) is 0 Å². The maximum absolute atomic E-state index is 3.52. The summed E-state index contributed by atoms with van der Waals surface area (Å²) in [6.45, 7) is 10.2. The molecule has 0 bridgehead atoms. The van der Waals surface area contributed by atoms with E-state index in [9.17, 15) is 0 Å². The van der Waals surface area contributed by atoms with Crippen LogP contribution < -0.4 is 5.32 Å². The molecule has 3 rings (SSSR count). The van der Waals surface area contributed by atoms with Crippen molar-refractivity contribution in [1.82, 2.24) is 15.1 Å². The van der Waals surface area contributed by atoms with E-state index in [4.69, 9.17) is 0 Å². The summed E-state index contributed by atoms with van der Waals surface area (Å²) in [5.74, 6) is 0.832. The number of nitrogens with zero attached hydrogens (tertiary/aromatic N) is 2. The smallest absolute Gasteiger partial charge is 0.0223 e. The monoisotopic (exact) mass is 237 g/mol. The normalized spacial score (nSPS) is 41.1. The van der Waals surface area contributed by atoms with Crippen molar-refractivity contribution in [3.05, 3.63) is 0 Å². The Balaban J connectivity index is 1.60. The van der Waals surface area contributed by atoms with Gasteiger partial charge in [-0.1, -0.05) is 13.3 Å². The van der Waals surface area contributed by atoms with Gasteiger partial charge >= 0.3 is 0 Å². The highest BCUT2D eigenvalue weighted by Crippen LogP contribution is 2.25. The Labute approximate surface area is 106 Å². The number of hydrogen-bond donors (Lipinski definition) is 1. The maximum Gasteiger partial charge on any atom is 0.0223 e. The van der Waals surface area contributed by atoms with Crippen LogP contribution in [0.25, 0.3) is 0 Å². The molecule has 0 aromatic rings. The number of hydrogen-bond acceptors (Lipinski definition) is 3. The van der Waals surface area contributed by atoms with Gasteiger partial charge in [-0.25, -0.2) is 0 Å². The molecule has 1 N–H and O–H groups in total. The Morgan fingerprint density at radius 2 is 1.88 bits per heavy atom. The third-order valence-electron chi connectivity index (χ3n) is 5.08. The molecular weight excluding hydrogens is 210 g/mol. The van der Waals surface area contributed by atoms with Gasteiger partial charge in [0.1, 0.15) is 0 Å². The van der Waals surface area contributed by atoms with Gasteiger partial charge in [-0.15, -0.1) is 0 Å². The number of piperazine rings is 1. The summed E-state index contributed by atoms with van der Waals surface area (Å²) in [7, 11) is 0. The predicted molar refractivity (Wildman–Crippen MR) is 71.2 cm³/mol. The SMILES string of the molecule is CC1CNCCC1N1CCN2CCCCC2C1. The number of rotatable bonds is 1. The fraction of sp³-hybridized carbons (Fsp3) is 1.00. The van der Waals surface area contributed by atoms with Crippen LogP contribution in [0.4, 0.5) is 0 Å². The van der Waals surface area contributed by atoms with Crippen LogP contribution in [0.15, 0.2) is 0 Å². The van der Waals surface area contributed by atoms with Crippen molar-refractivity contribution in [2.45, 2.75) is 44.7 Å². The number of fused-ring (bicyclic) bond motifs is 1. The molecule has 3 nitrogen and oxygen atoms in total. The summed E-state index contributed by atoms with van der Waals surface area (Å²) in [5, 5.41) is 3.52. The minimum absolute atomic E-state index is 0.832. The first kappa shape index (κ1) is 11.9. The summed E-state index contributed by atoms with van der Waals surface area (Å²) in [6.07, 6.45) is 5.68. The minimum Gasteiger partial charge on any atom is -0.316 e. The van der Waals surface area contributed by atoms with Crippen LogP contribution in [-0.4, -0.2) is 61.2 Å². The van der Waals surface area contributed by atoms with Crippen LogP contribution in [0.1, 0.15) is 32.6 Å². The van der Waals surface area contributed by atoms with Gasteiger partial charge in [0.2, 0.25) is 0 Å². The summed E-state index contributed by atoms with van der Waals surface area (Å²) in [4.78, 5) is 5.55. The molecule has 3 aliphatic heterocycles. The van der Waals surface area contributed by atoms with Crippen molar-refractivity contribution >= 4 is 0 Å². The molecule has 17 heavy (non-hydrogen) atoms. The van der Waals surface area contributed by atoms with Gasteiger partial charge < -0.3 is 5.32 Å². The van der Waals surface area contributed by atoms with Crippen molar-refractivity contribution in [3.63, 3.8) is 0 Å². The lowest BCUT2D eigenvalue weighted by atomic mass is 9.91. The molecule has 3 aliphatic rings. The van der Waals surface area contributed by atoms with E-state index in [1.807, 2.05) is 0 Å².